The maximum absolute atomic E-state index is 12.5. The third-order valence-corrected chi connectivity index (χ3v) is 5.79. The molecule has 6 heteroatoms. The smallest absolute Gasteiger partial charge is 0.255 e. The van der Waals surface area contributed by atoms with Gasteiger partial charge in [0, 0.05) is 23.8 Å². The molecule has 0 saturated carbocycles. The Kier molecular flexibility index (Phi) is 9.31. The molecule has 3 aromatic rings. The highest BCUT2D eigenvalue weighted by atomic mass is 35.5. The second kappa shape index (κ2) is 12.4. The molecule has 1 aliphatic rings. The van der Waals surface area contributed by atoms with Gasteiger partial charge in [0.15, 0.2) is 0 Å². The Morgan fingerprint density at radius 3 is 2.48 bits per heavy atom. The number of hydrogen-bond donors (Lipinski definition) is 3. The van der Waals surface area contributed by atoms with E-state index in [1.807, 2.05) is 66.7 Å². The molecule has 5 nitrogen and oxygen atoms in total. The second-order valence-corrected chi connectivity index (χ2v) is 8.28. The normalized spacial score (nSPS) is 16.0. The van der Waals surface area contributed by atoms with Crippen LogP contribution in [0.3, 0.4) is 0 Å². The van der Waals surface area contributed by atoms with Crippen LogP contribution in [-0.4, -0.2) is 36.3 Å². The van der Waals surface area contributed by atoms with E-state index >= 15 is 0 Å². The van der Waals surface area contributed by atoms with Crippen molar-refractivity contribution in [2.75, 3.05) is 18.5 Å². The van der Waals surface area contributed by atoms with Crippen molar-refractivity contribution in [2.45, 2.75) is 37.8 Å². The van der Waals surface area contributed by atoms with E-state index in [1.54, 1.807) is 0 Å². The van der Waals surface area contributed by atoms with E-state index in [-0.39, 0.29) is 31.0 Å². The van der Waals surface area contributed by atoms with Gasteiger partial charge in [-0.2, -0.15) is 0 Å². The monoisotopic (exact) mass is 466 g/mol. The lowest BCUT2D eigenvalue weighted by Gasteiger charge is -2.20. The summed E-state index contributed by atoms with van der Waals surface area (Å²) in [5, 5.41) is 16.8. The predicted octanol–water partition coefficient (Wildman–Crippen LogP) is 4.64. The number of amides is 1. The van der Waals surface area contributed by atoms with Crippen molar-refractivity contribution in [3.8, 4) is 5.75 Å². The first kappa shape index (κ1) is 24.8. The molecule has 0 heterocycles. The molecule has 4 rings (SSSR count). The number of nitrogens with one attached hydrogen (secondary N) is 2. The molecule has 3 N–H and O–H groups in total. The van der Waals surface area contributed by atoms with Gasteiger partial charge in [-0.25, -0.2) is 0 Å². The summed E-state index contributed by atoms with van der Waals surface area (Å²) in [6.45, 7) is 0.743. The summed E-state index contributed by atoms with van der Waals surface area (Å²) in [5.74, 6) is 0.662. The van der Waals surface area contributed by atoms with Crippen molar-refractivity contribution in [3.63, 3.8) is 0 Å². The number of aliphatic hydroxyl groups excluding tert-OH is 1. The van der Waals surface area contributed by atoms with Crippen molar-refractivity contribution in [1.82, 2.24) is 5.32 Å². The van der Waals surface area contributed by atoms with Gasteiger partial charge in [-0.1, -0.05) is 42.5 Å². The molecule has 0 bridgehead atoms. The van der Waals surface area contributed by atoms with E-state index in [0.29, 0.717) is 12.1 Å². The van der Waals surface area contributed by atoms with Gasteiger partial charge >= 0.3 is 0 Å². The predicted molar refractivity (Wildman–Crippen MR) is 134 cm³/mol. The first-order chi connectivity index (χ1) is 15.7. The highest BCUT2D eigenvalue weighted by Crippen LogP contribution is 2.24. The lowest BCUT2D eigenvalue weighted by Crippen LogP contribution is -2.39. The van der Waals surface area contributed by atoms with Crippen LogP contribution in [0.1, 0.15) is 34.3 Å². The van der Waals surface area contributed by atoms with Crippen LogP contribution in [0.5, 0.6) is 5.75 Å². The minimum absolute atomic E-state index is 0. The molecule has 0 aliphatic heterocycles. The molecule has 33 heavy (non-hydrogen) atoms. The van der Waals surface area contributed by atoms with Gasteiger partial charge < -0.3 is 20.5 Å². The van der Waals surface area contributed by atoms with Crippen molar-refractivity contribution >= 4 is 24.0 Å². The molecular weight excluding hydrogens is 436 g/mol. The summed E-state index contributed by atoms with van der Waals surface area (Å²) in [6.07, 6.45) is 3.47. The third kappa shape index (κ3) is 7.32. The summed E-state index contributed by atoms with van der Waals surface area (Å²) in [4.78, 5) is 12.5. The van der Waals surface area contributed by atoms with Crippen LogP contribution in [0, 0.1) is 0 Å². The van der Waals surface area contributed by atoms with Gasteiger partial charge in [0.25, 0.3) is 5.91 Å². The lowest BCUT2D eigenvalue weighted by molar-refractivity contribution is 0.102. The van der Waals surface area contributed by atoms with E-state index < -0.39 is 6.10 Å². The molecule has 1 unspecified atom stereocenters. The molecule has 2 atom stereocenters. The van der Waals surface area contributed by atoms with Gasteiger partial charge in [0.2, 0.25) is 0 Å². The number of halogens is 1. The first-order valence-corrected chi connectivity index (χ1v) is 11.2. The fraction of sp³-hybridized carbons (Fsp3) is 0.296. The zero-order chi connectivity index (χ0) is 22.2. The molecule has 0 fully saturated rings. The Labute approximate surface area is 201 Å². The Balaban J connectivity index is 0.00000306. The van der Waals surface area contributed by atoms with E-state index in [2.05, 4.69) is 22.8 Å². The van der Waals surface area contributed by atoms with Crippen LogP contribution in [0.25, 0.3) is 0 Å². The number of fused-ring (bicyclic) bond motifs is 1. The highest BCUT2D eigenvalue weighted by molar-refractivity contribution is 6.04. The number of carbonyl (C=O) groups excluding carboxylic acids is 1. The Morgan fingerprint density at radius 1 is 1.00 bits per heavy atom. The van der Waals surface area contributed by atoms with E-state index in [0.717, 1.165) is 37.1 Å². The number of aryl methyl sites for hydroxylation is 1. The molecule has 0 aromatic heterocycles. The number of aliphatic hydroxyl groups is 1. The quantitative estimate of drug-likeness (QED) is 0.423. The largest absolute Gasteiger partial charge is 0.491 e. The summed E-state index contributed by atoms with van der Waals surface area (Å²) in [6, 6.07) is 25.3. The SMILES string of the molecule is Cl.O=C(Nc1ccc2c(c1)CC(NC[C@H](O)COc1ccccc1)CCC2)c1ccccc1. The molecule has 3 aromatic carbocycles. The Hall–Kier alpha value is -2.86. The van der Waals surface area contributed by atoms with Crippen LogP contribution >= 0.6 is 12.4 Å². The number of para-hydroxylation sites is 1. The lowest BCUT2D eigenvalue weighted by atomic mass is 10.0. The van der Waals surface area contributed by atoms with E-state index in [9.17, 15) is 9.90 Å². The standard InChI is InChI=1S/C27H30N2O3.ClH/c30-25(19-32-26-12-5-2-6-13-26)18-28-23-11-7-10-20-14-15-24(17-22(20)16-23)29-27(31)21-8-3-1-4-9-21;/h1-6,8-9,12-15,17,23,25,28,30H,7,10-11,16,18-19H2,(H,29,31);1H/t23?,25-;/m0./s1. The minimum atomic E-state index is -0.575. The van der Waals surface area contributed by atoms with Gasteiger partial charge in [0.05, 0.1) is 0 Å². The summed E-state index contributed by atoms with van der Waals surface area (Å²) < 4.78 is 5.65. The third-order valence-electron chi connectivity index (χ3n) is 5.79. The van der Waals surface area contributed by atoms with Gasteiger partial charge in [-0.05, 0) is 73.2 Å². The second-order valence-electron chi connectivity index (χ2n) is 8.28. The number of carbonyl (C=O) groups is 1. The summed E-state index contributed by atoms with van der Waals surface area (Å²) in [5.41, 5.74) is 4.05. The summed E-state index contributed by atoms with van der Waals surface area (Å²) >= 11 is 0. The number of hydrogen-bond acceptors (Lipinski definition) is 4. The van der Waals surface area contributed by atoms with Crippen molar-refractivity contribution < 1.29 is 14.6 Å². The molecule has 1 aliphatic carbocycles. The number of ether oxygens (including phenoxy) is 1. The topological polar surface area (TPSA) is 70.6 Å². The van der Waals surface area contributed by atoms with Crippen LogP contribution in [0.15, 0.2) is 78.9 Å². The average Bonchev–Trinajstić information content (AvgIpc) is 3.04. The number of anilines is 1. The molecule has 174 valence electrons. The number of rotatable bonds is 8. The highest BCUT2D eigenvalue weighted by Gasteiger charge is 2.18. The van der Waals surface area contributed by atoms with Gasteiger partial charge in [-0.15, -0.1) is 12.4 Å². The maximum Gasteiger partial charge on any atom is 0.255 e. The van der Waals surface area contributed by atoms with Crippen LogP contribution in [0.2, 0.25) is 0 Å². The fourth-order valence-electron chi connectivity index (χ4n) is 4.08. The molecule has 0 spiro atoms. The molecule has 1 amide bonds. The Morgan fingerprint density at radius 2 is 1.73 bits per heavy atom. The zero-order valence-electron chi connectivity index (χ0n) is 18.6. The van der Waals surface area contributed by atoms with E-state index in [4.69, 9.17) is 4.74 Å². The van der Waals surface area contributed by atoms with Crippen molar-refractivity contribution in [2.24, 2.45) is 0 Å². The van der Waals surface area contributed by atoms with Crippen molar-refractivity contribution in [3.05, 3.63) is 95.6 Å². The average molecular weight is 467 g/mol. The van der Waals surface area contributed by atoms with Crippen LogP contribution in [0.4, 0.5) is 5.69 Å². The fourth-order valence-corrected chi connectivity index (χ4v) is 4.08. The maximum atomic E-state index is 12.5. The number of benzene rings is 3. The molecule has 0 saturated heterocycles. The van der Waals surface area contributed by atoms with E-state index in [1.165, 1.54) is 11.1 Å². The van der Waals surface area contributed by atoms with Crippen LogP contribution in [-0.2, 0) is 12.8 Å². The Bertz CT molecular complexity index is 1010. The first-order valence-electron chi connectivity index (χ1n) is 11.2. The van der Waals surface area contributed by atoms with Gasteiger partial charge in [0.1, 0.15) is 18.5 Å². The van der Waals surface area contributed by atoms with Crippen molar-refractivity contribution in [1.29, 1.82) is 0 Å². The van der Waals surface area contributed by atoms with Crippen LogP contribution < -0.4 is 15.4 Å². The minimum Gasteiger partial charge on any atom is -0.491 e. The molecular formula is C27H31ClN2O3. The summed E-state index contributed by atoms with van der Waals surface area (Å²) in [7, 11) is 0. The van der Waals surface area contributed by atoms with Gasteiger partial charge in [-0.3, -0.25) is 4.79 Å². The zero-order valence-corrected chi connectivity index (χ0v) is 19.4. The molecule has 0 radical (unpaired) electrons.